The summed E-state index contributed by atoms with van der Waals surface area (Å²) in [4.78, 5) is 12.0. The molecule has 0 aliphatic heterocycles. The van der Waals surface area contributed by atoms with Gasteiger partial charge in [0.15, 0.2) is 0 Å². The molecule has 0 unspecified atom stereocenters. The van der Waals surface area contributed by atoms with E-state index in [4.69, 9.17) is 0 Å². The third-order valence-corrected chi connectivity index (χ3v) is 5.18. The summed E-state index contributed by atoms with van der Waals surface area (Å²) < 4.78 is 41.1. The predicted molar refractivity (Wildman–Crippen MR) is 101 cm³/mol. The Bertz CT molecular complexity index is 1080. The van der Waals surface area contributed by atoms with Gasteiger partial charge in [-0.2, -0.15) is 5.10 Å². The highest BCUT2D eigenvalue weighted by atomic mass is 32.2. The van der Waals surface area contributed by atoms with Gasteiger partial charge < -0.3 is 0 Å². The first-order valence-electron chi connectivity index (χ1n) is 8.28. The molecule has 1 heterocycles. The number of halogens is 1. The molecule has 0 aliphatic rings. The van der Waals surface area contributed by atoms with Crippen molar-refractivity contribution in [2.75, 3.05) is 6.54 Å². The van der Waals surface area contributed by atoms with E-state index in [9.17, 15) is 17.6 Å². The summed E-state index contributed by atoms with van der Waals surface area (Å²) >= 11 is 0. The summed E-state index contributed by atoms with van der Waals surface area (Å²) in [5.41, 5.74) is 1.51. The van der Waals surface area contributed by atoms with Gasteiger partial charge in [0.1, 0.15) is 5.82 Å². The maximum atomic E-state index is 13.2. The lowest BCUT2D eigenvalue weighted by Crippen LogP contribution is -2.32. The fourth-order valence-electron chi connectivity index (χ4n) is 2.58. The van der Waals surface area contributed by atoms with E-state index in [1.165, 1.54) is 35.0 Å². The Morgan fingerprint density at radius 2 is 1.78 bits per heavy atom. The number of nitrogens with zero attached hydrogens (tertiary/aromatic N) is 2. The molecule has 3 rings (SSSR count). The highest BCUT2D eigenvalue weighted by Crippen LogP contribution is 2.13. The number of sulfonamides is 1. The van der Waals surface area contributed by atoms with Gasteiger partial charge in [-0.15, -0.1) is 0 Å². The van der Waals surface area contributed by atoms with Crippen LogP contribution in [-0.2, 0) is 22.3 Å². The van der Waals surface area contributed by atoms with Crippen LogP contribution in [0.3, 0.4) is 0 Å². The molecule has 0 saturated carbocycles. The van der Waals surface area contributed by atoms with Gasteiger partial charge in [0.25, 0.3) is 5.56 Å². The second kappa shape index (κ2) is 8.24. The van der Waals surface area contributed by atoms with Crippen LogP contribution in [-0.4, -0.2) is 24.7 Å². The standard InChI is InChI=1S/C19H18FN3O3S/c20-17-8-4-5-15(13-17)14-27(25,26)21-11-12-23-19(24)10-9-18(22-23)16-6-2-1-3-7-16/h1-10,13,21H,11-12,14H2. The normalized spacial score (nSPS) is 11.4. The summed E-state index contributed by atoms with van der Waals surface area (Å²) in [5.74, 6) is -0.826. The van der Waals surface area contributed by atoms with Crippen molar-refractivity contribution in [1.82, 2.24) is 14.5 Å². The van der Waals surface area contributed by atoms with Crippen LogP contribution in [0.4, 0.5) is 4.39 Å². The number of hydrogen-bond donors (Lipinski definition) is 1. The average molecular weight is 387 g/mol. The van der Waals surface area contributed by atoms with E-state index < -0.39 is 15.8 Å². The van der Waals surface area contributed by atoms with E-state index in [1.54, 1.807) is 6.07 Å². The fraction of sp³-hybridized carbons (Fsp3) is 0.158. The van der Waals surface area contributed by atoms with Gasteiger partial charge in [-0.05, 0) is 23.8 Å². The minimum Gasteiger partial charge on any atom is -0.268 e. The lowest BCUT2D eigenvalue weighted by atomic mass is 10.1. The Balaban J connectivity index is 1.65. The minimum absolute atomic E-state index is 0.00278. The number of hydrogen-bond acceptors (Lipinski definition) is 4. The first-order chi connectivity index (χ1) is 12.9. The first-order valence-corrected chi connectivity index (χ1v) is 9.93. The van der Waals surface area contributed by atoms with E-state index >= 15 is 0 Å². The minimum atomic E-state index is -3.66. The lowest BCUT2D eigenvalue weighted by Gasteiger charge is -2.09. The van der Waals surface area contributed by atoms with E-state index in [2.05, 4.69) is 9.82 Å². The van der Waals surface area contributed by atoms with Crippen molar-refractivity contribution in [2.45, 2.75) is 12.3 Å². The van der Waals surface area contributed by atoms with Crippen molar-refractivity contribution in [3.8, 4) is 11.3 Å². The topological polar surface area (TPSA) is 81.1 Å². The van der Waals surface area contributed by atoms with Crippen LogP contribution in [0.15, 0.2) is 71.5 Å². The smallest absolute Gasteiger partial charge is 0.266 e. The van der Waals surface area contributed by atoms with Crippen LogP contribution in [0.25, 0.3) is 11.3 Å². The second-order valence-electron chi connectivity index (χ2n) is 5.93. The Labute approximate surface area is 156 Å². The zero-order valence-electron chi connectivity index (χ0n) is 14.4. The summed E-state index contributed by atoms with van der Waals surface area (Å²) in [6.07, 6.45) is 0. The van der Waals surface area contributed by atoms with Gasteiger partial charge in [-0.25, -0.2) is 22.2 Å². The van der Waals surface area contributed by atoms with Crippen LogP contribution < -0.4 is 10.3 Å². The van der Waals surface area contributed by atoms with Gasteiger partial charge in [0.05, 0.1) is 18.0 Å². The molecule has 0 spiro atoms. The first kappa shape index (κ1) is 18.9. The molecule has 0 aliphatic carbocycles. The molecule has 0 amide bonds. The fourth-order valence-corrected chi connectivity index (χ4v) is 3.70. The SMILES string of the molecule is O=c1ccc(-c2ccccc2)nn1CCNS(=O)(=O)Cc1cccc(F)c1. The molecule has 0 fully saturated rings. The molecular weight excluding hydrogens is 369 g/mol. The van der Waals surface area contributed by atoms with E-state index in [0.29, 0.717) is 11.3 Å². The maximum Gasteiger partial charge on any atom is 0.266 e. The van der Waals surface area contributed by atoms with Crippen LogP contribution in [0.5, 0.6) is 0 Å². The van der Waals surface area contributed by atoms with Crippen molar-refractivity contribution in [3.05, 3.63) is 88.5 Å². The van der Waals surface area contributed by atoms with Crippen molar-refractivity contribution in [3.63, 3.8) is 0 Å². The molecule has 2 aromatic carbocycles. The predicted octanol–water partition coefficient (Wildman–Crippen LogP) is 2.17. The summed E-state index contributed by atoms with van der Waals surface area (Å²) in [6.45, 7) is 0.0880. The molecule has 6 nitrogen and oxygen atoms in total. The lowest BCUT2D eigenvalue weighted by molar-refractivity contribution is 0.548. The molecule has 0 bridgehead atoms. The van der Waals surface area contributed by atoms with Crippen molar-refractivity contribution in [2.24, 2.45) is 0 Å². The molecule has 3 aromatic rings. The Kier molecular flexibility index (Phi) is 5.78. The van der Waals surface area contributed by atoms with Gasteiger partial charge in [-0.1, -0.05) is 42.5 Å². The third-order valence-electron chi connectivity index (χ3n) is 3.83. The molecule has 27 heavy (non-hydrogen) atoms. The molecular formula is C19H18FN3O3S. The van der Waals surface area contributed by atoms with Crippen LogP contribution >= 0.6 is 0 Å². The van der Waals surface area contributed by atoms with Crippen molar-refractivity contribution < 1.29 is 12.8 Å². The highest BCUT2D eigenvalue weighted by Gasteiger charge is 2.12. The molecule has 1 N–H and O–H groups in total. The zero-order chi connectivity index (χ0) is 19.3. The average Bonchev–Trinajstić information content (AvgIpc) is 2.63. The quantitative estimate of drug-likeness (QED) is 0.674. The van der Waals surface area contributed by atoms with Gasteiger partial charge in [0, 0.05) is 18.2 Å². The summed E-state index contributed by atoms with van der Waals surface area (Å²) in [5, 5.41) is 4.28. The Morgan fingerprint density at radius 1 is 1.00 bits per heavy atom. The molecule has 0 atom stereocenters. The van der Waals surface area contributed by atoms with Crippen LogP contribution in [0.2, 0.25) is 0 Å². The van der Waals surface area contributed by atoms with Crippen LogP contribution in [0.1, 0.15) is 5.56 Å². The molecule has 1 aromatic heterocycles. The monoisotopic (exact) mass is 387 g/mol. The second-order valence-corrected chi connectivity index (χ2v) is 7.74. The summed E-state index contributed by atoms with van der Waals surface area (Å²) in [6, 6.07) is 17.8. The van der Waals surface area contributed by atoms with Gasteiger partial charge in [-0.3, -0.25) is 4.79 Å². The summed E-state index contributed by atoms with van der Waals surface area (Å²) in [7, 11) is -3.66. The Hall–Kier alpha value is -2.84. The molecule has 0 saturated heterocycles. The number of benzene rings is 2. The number of aromatic nitrogens is 2. The largest absolute Gasteiger partial charge is 0.268 e. The van der Waals surface area contributed by atoms with E-state index in [-0.39, 0.29) is 24.4 Å². The maximum absolute atomic E-state index is 13.2. The van der Waals surface area contributed by atoms with E-state index in [0.717, 1.165) is 5.56 Å². The molecule has 8 heteroatoms. The number of nitrogens with one attached hydrogen (secondary N) is 1. The van der Waals surface area contributed by atoms with Gasteiger partial charge >= 0.3 is 0 Å². The Morgan fingerprint density at radius 3 is 2.52 bits per heavy atom. The van der Waals surface area contributed by atoms with Crippen molar-refractivity contribution in [1.29, 1.82) is 0 Å². The number of rotatable bonds is 7. The van der Waals surface area contributed by atoms with E-state index in [1.807, 2.05) is 30.3 Å². The van der Waals surface area contributed by atoms with Crippen LogP contribution in [0, 0.1) is 5.82 Å². The van der Waals surface area contributed by atoms with Gasteiger partial charge in [0.2, 0.25) is 10.0 Å². The highest BCUT2D eigenvalue weighted by molar-refractivity contribution is 7.88. The molecule has 140 valence electrons. The van der Waals surface area contributed by atoms with Crippen molar-refractivity contribution >= 4 is 10.0 Å². The molecule has 0 radical (unpaired) electrons. The third kappa shape index (κ3) is 5.32. The zero-order valence-corrected chi connectivity index (χ0v) is 15.2.